The SMILES string of the molecule is CC1(C2CC(=O)c3c(cc4c(c3O)C(=O)C=CC4=O)C2)SCCS1. The maximum atomic E-state index is 12.7. The van der Waals surface area contributed by atoms with Crippen LogP contribution in [-0.4, -0.2) is 38.0 Å². The zero-order chi connectivity index (χ0) is 17.1. The number of carbonyl (C=O) groups is 3. The Morgan fingerprint density at radius 1 is 1.04 bits per heavy atom. The largest absolute Gasteiger partial charge is 0.506 e. The number of allylic oxidation sites excluding steroid dienone is 2. The number of phenolic OH excluding ortho intramolecular Hbond substituents is 1. The van der Waals surface area contributed by atoms with Gasteiger partial charge in [-0.2, -0.15) is 0 Å². The topological polar surface area (TPSA) is 71.4 Å². The first kappa shape index (κ1) is 16.0. The predicted molar refractivity (Wildman–Crippen MR) is 95.4 cm³/mol. The summed E-state index contributed by atoms with van der Waals surface area (Å²) in [6.07, 6.45) is 3.39. The fraction of sp³-hybridized carbons (Fsp3) is 0.389. The first-order chi connectivity index (χ1) is 11.4. The van der Waals surface area contributed by atoms with E-state index in [9.17, 15) is 19.5 Å². The van der Waals surface area contributed by atoms with Crippen LogP contribution >= 0.6 is 23.5 Å². The molecule has 3 aliphatic rings. The molecule has 1 saturated heterocycles. The molecular weight excluding hydrogens is 344 g/mol. The van der Waals surface area contributed by atoms with Gasteiger partial charge in [0.1, 0.15) is 5.75 Å². The number of thioether (sulfide) groups is 2. The van der Waals surface area contributed by atoms with Crippen molar-refractivity contribution in [3.63, 3.8) is 0 Å². The van der Waals surface area contributed by atoms with Gasteiger partial charge in [-0.3, -0.25) is 14.4 Å². The summed E-state index contributed by atoms with van der Waals surface area (Å²) in [6.45, 7) is 2.17. The third-order valence-electron chi connectivity index (χ3n) is 5.06. The van der Waals surface area contributed by atoms with Crippen LogP contribution in [0.1, 0.15) is 50.0 Å². The van der Waals surface area contributed by atoms with Crippen LogP contribution in [0.15, 0.2) is 18.2 Å². The smallest absolute Gasteiger partial charge is 0.190 e. The van der Waals surface area contributed by atoms with E-state index in [0.717, 1.165) is 17.6 Å². The second-order valence-corrected chi connectivity index (χ2v) is 9.83. The van der Waals surface area contributed by atoms with Gasteiger partial charge in [0.2, 0.25) is 0 Å². The summed E-state index contributed by atoms with van der Waals surface area (Å²) >= 11 is 3.76. The van der Waals surface area contributed by atoms with Gasteiger partial charge in [-0.25, -0.2) is 0 Å². The van der Waals surface area contributed by atoms with Crippen molar-refractivity contribution in [1.82, 2.24) is 0 Å². The molecule has 1 heterocycles. The second kappa shape index (κ2) is 5.49. The minimum atomic E-state index is -0.423. The lowest BCUT2D eigenvalue weighted by Gasteiger charge is -2.36. The molecule has 0 amide bonds. The average molecular weight is 360 g/mol. The maximum Gasteiger partial charge on any atom is 0.190 e. The van der Waals surface area contributed by atoms with Crippen LogP contribution in [0.2, 0.25) is 0 Å². The molecule has 0 bridgehead atoms. The number of ketones is 3. The van der Waals surface area contributed by atoms with Crippen molar-refractivity contribution in [3.8, 4) is 5.75 Å². The number of rotatable bonds is 1. The van der Waals surface area contributed by atoms with Gasteiger partial charge in [0.15, 0.2) is 17.3 Å². The molecular formula is C18H16O4S2. The number of hydrogen-bond acceptors (Lipinski definition) is 6. The molecule has 4 nitrogen and oxygen atoms in total. The summed E-state index contributed by atoms with van der Waals surface area (Å²) in [5.74, 6) is 1.15. The summed E-state index contributed by atoms with van der Waals surface area (Å²) < 4.78 is -0.0153. The van der Waals surface area contributed by atoms with Gasteiger partial charge in [0.05, 0.1) is 15.2 Å². The minimum absolute atomic E-state index is 0.0153. The number of carbonyl (C=O) groups excluding carboxylic acids is 3. The maximum absolute atomic E-state index is 12.7. The lowest BCUT2D eigenvalue weighted by molar-refractivity contribution is 0.0940. The van der Waals surface area contributed by atoms with Crippen LogP contribution in [0.5, 0.6) is 5.75 Å². The van der Waals surface area contributed by atoms with E-state index >= 15 is 0 Å². The highest BCUT2D eigenvalue weighted by Gasteiger charge is 2.44. The number of aromatic hydroxyl groups is 1. The summed E-state index contributed by atoms with van der Waals surface area (Å²) in [5.41, 5.74) is 1.12. The third-order valence-corrected chi connectivity index (χ3v) is 8.65. The zero-order valence-electron chi connectivity index (χ0n) is 13.1. The lowest BCUT2D eigenvalue weighted by atomic mass is 9.77. The lowest BCUT2D eigenvalue weighted by Crippen LogP contribution is -2.34. The van der Waals surface area contributed by atoms with E-state index in [1.807, 2.05) is 23.5 Å². The van der Waals surface area contributed by atoms with Crippen molar-refractivity contribution in [1.29, 1.82) is 0 Å². The Morgan fingerprint density at radius 2 is 1.71 bits per heavy atom. The fourth-order valence-corrected chi connectivity index (χ4v) is 6.88. The molecule has 1 unspecified atom stereocenters. The molecule has 0 radical (unpaired) electrons. The first-order valence-electron chi connectivity index (χ1n) is 7.87. The Kier molecular flexibility index (Phi) is 3.65. The highest BCUT2D eigenvalue weighted by molar-refractivity contribution is 8.21. The van der Waals surface area contributed by atoms with Crippen molar-refractivity contribution >= 4 is 40.9 Å². The van der Waals surface area contributed by atoms with Crippen molar-refractivity contribution in [2.24, 2.45) is 5.92 Å². The van der Waals surface area contributed by atoms with E-state index in [0.29, 0.717) is 18.4 Å². The minimum Gasteiger partial charge on any atom is -0.506 e. The molecule has 1 aromatic carbocycles. The average Bonchev–Trinajstić information content (AvgIpc) is 2.98. The molecule has 0 aromatic heterocycles. The first-order valence-corrected chi connectivity index (χ1v) is 9.84. The molecule has 124 valence electrons. The molecule has 1 N–H and O–H groups in total. The summed E-state index contributed by atoms with van der Waals surface area (Å²) in [5, 5.41) is 10.5. The summed E-state index contributed by atoms with van der Waals surface area (Å²) in [4.78, 5) is 36.9. The van der Waals surface area contributed by atoms with Crippen LogP contribution in [0.25, 0.3) is 0 Å². The van der Waals surface area contributed by atoms with Crippen LogP contribution in [0.4, 0.5) is 0 Å². The Hall–Kier alpha value is -1.53. The molecule has 0 saturated carbocycles. The summed E-state index contributed by atoms with van der Waals surface area (Å²) in [6, 6.07) is 1.64. The normalized spacial score (nSPS) is 24.9. The number of fused-ring (bicyclic) bond motifs is 2. The molecule has 1 aromatic rings. The van der Waals surface area contributed by atoms with Crippen LogP contribution in [0, 0.1) is 5.92 Å². The van der Waals surface area contributed by atoms with Gasteiger partial charge in [-0.1, -0.05) is 0 Å². The van der Waals surface area contributed by atoms with E-state index in [1.54, 1.807) is 6.07 Å². The fourth-order valence-electron chi connectivity index (χ4n) is 3.76. The Labute approximate surface area is 148 Å². The van der Waals surface area contributed by atoms with Crippen molar-refractivity contribution in [2.75, 3.05) is 11.5 Å². The van der Waals surface area contributed by atoms with Crippen LogP contribution in [-0.2, 0) is 6.42 Å². The number of hydrogen-bond donors (Lipinski definition) is 1. The van der Waals surface area contributed by atoms with Gasteiger partial charge in [-0.05, 0) is 43.0 Å². The monoisotopic (exact) mass is 360 g/mol. The number of Topliss-reactive ketones (excluding diaryl/α,β-unsaturated/α-hetero) is 1. The molecule has 1 aliphatic heterocycles. The van der Waals surface area contributed by atoms with E-state index in [1.165, 1.54) is 6.08 Å². The number of benzene rings is 1. The van der Waals surface area contributed by atoms with Gasteiger partial charge in [-0.15, -0.1) is 23.5 Å². The third kappa shape index (κ3) is 2.27. The van der Waals surface area contributed by atoms with Gasteiger partial charge >= 0.3 is 0 Å². The Morgan fingerprint density at radius 3 is 2.42 bits per heavy atom. The molecule has 0 spiro atoms. The predicted octanol–water partition coefficient (Wildman–Crippen LogP) is 3.27. The highest BCUT2D eigenvalue weighted by Crippen LogP contribution is 2.53. The summed E-state index contributed by atoms with van der Waals surface area (Å²) in [7, 11) is 0. The van der Waals surface area contributed by atoms with Gasteiger partial charge < -0.3 is 5.11 Å². The molecule has 1 fully saturated rings. The van der Waals surface area contributed by atoms with Crippen molar-refractivity contribution < 1.29 is 19.5 Å². The van der Waals surface area contributed by atoms with Crippen LogP contribution < -0.4 is 0 Å². The molecule has 24 heavy (non-hydrogen) atoms. The van der Waals surface area contributed by atoms with E-state index in [2.05, 4.69) is 6.92 Å². The highest BCUT2D eigenvalue weighted by atomic mass is 32.2. The molecule has 4 rings (SSSR count). The molecule has 2 aliphatic carbocycles. The zero-order valence-corrected chi connectivity index (χ0v) is 14.8. The van der Waals surface area contributed by atoms with E-state index < -0.39 is 5.78 Å². The molecule has 6 heteroatoms. The van der Waals surface area contributed by atoms with E-state index in [4.69, 9.17) is 0 Å². The van der Waals surface area contributed by atoms with Crippen LogP contribution in [0.3, 0.4) is 0 Å². The Bertz CT molecular complexity index is 819. The van der Waals surface area contributed by atoms with Gasteiger partial charge in [0.25, 0.3) is 0 Å². The number of phenols is 1. The second-order valence-electron chi connectivity index (χ2n) is 6.48. The van der Waals surface area contributed by atoms with Crippen molar-refractivity contribution in [3.05, 3.63) is 40.5 Å². The molecule has 1 atom stereocenters. The quantitative estimate of drug-likeness (QED) is 0.829. The van der Waals surface area contributed by atoms with Gasteiger partial charge in [0, 0.05) is 23.5 Å². The Balaban J connectivity index is 1.83. The van der Waals surface area contributed by atoms with Crippen molar-refractivity contribution in [2.45, 2.75) is 23.8 Å². The standard InChI is InChI=1S/C18H16O4S2/c1-18(23-4-5-24-18)10-6-9-7-11-12(19)2-3-13(20)16(11)17(22)15(9)14(21)8-10/h2-3,7,10,22H,4-6,8H2,1H3. The van der Waals surface area contributed by atoms with E-state index in [-0.39, 0.29) is 44.0 Å².